The van der Waals surface area contributed by atoms with Gasteiger partial charge in [-0.1, -0.05) is 6.92 Å². The zero-order valence-corrected chi connectivity index (χ0v) is 8.50. The van der Waals surface area contributed by atoms with Gasteiger partial charge in [0.1, 0.15) is 5.52 Å². The van der Waals surface area contributed by atoms with Gasteiger partial charge in [-0.15, -0.1) is 0 Å². The summed E-state index contributed by atoms with van der Waals surface area (Å²) in [7, 11) is 0. The summed E-state index contributed by atoms with van der Waals surface area (Å²) in [5, 5.41) is 0. The van der Waals surface area contributed by atoms with Gasteiger partial charge in [-0.05, 0) is 31.0 Å². The number of aryl methyl sites for hydroxylation is 2. The Kier molecular flexibility index (Phi) is 2.15. The van der Waals surface area contributed by atoms with E-state index in [9.17, 15) is 0 Å². The molecule has 3 heteroatoms. The standard InChI is InChI=1S/C11H14N2O/c1-3-4-10-13-9-6-8(12)5-7(2)11(9)14-10/h5-6H,3-4,12H2,1-2H3. The first-order valence-corrected chi connectivity index (χ1v) is 4.86. The van der Waals surface area contributed by atoms with Crippen molar-refractivity contribution < 1.29 is 4.42 Å². The minimum atomic E-state index is 0.742. The fraction of sp³-hybridized carbons (Fsp3) is 0.364. The van der Waals surface area contributed by atoms with Gasteiger partial charge < -0.3 is 10.2 Å². The average molecular weight is 190 g/mol. The molecule has 0 saturated heterocycles. The number of nitrogens with two attached hydrogens (primary N) is 1. The van der Waals surface area contributed by atoms with Crippen LogP contribution in [-0.4, -0.2) is 4.98 Å². The van der Waals surface area contributed by atoms with Gasteiger partial charge in [0.15, 0.2) is 11.5 Å². The van der Waals surface area contributed by atoms with Gasteiger partial charge in [-0.3, -0.25) is 0 Å². The SMILES string of the molecule is CCCc1nc2cc(N)cc(C)c2o1. The maximum atomic E-state index is 5.73. The largest absolute Gasteiger partial charge is 0.440 e. The van der Waals surface area contributed by atoms with Gasteiger partial charge in [0.25, 0.3) is 0 Å². The molecule has 0 aliphatic heterocycles. The van der Waals surface area contributed by atoms with E-state index in [2.05, 4.69) is 11.9 Å². The van der Waals surface area contributed by atoms with E-state index in [1.807, 2.05) is 19.1 Å². The molecule has 3 nitrogen and oxygen atoms in total. The Morgan fingerprint density at radius 3 is 2.93 bits per heavy atom. The topological polar surface area (TPSA) is 52.0 Å². The van der Waals surface area contributed by atoms with E-state index in [1.165, 1.54) is 0 Å². The maximum absolute atomic E-state index is 5.73. The molecule has 0 saturated carbocycles. The minimum Gasteiger partial charge on any atom is -0.440 e. The lowest BCUT2D eigenvalue weighted by atomic mass is 10.2. The molecule has 0 radical (unpaired) electrons. The van der Waals surface area contributed by atoms with Crippen molar-refractivity contribution in [3.8, 4) is 0 Å². The summed E-state index contributed by atoms with van der Waals surface area (Å²) in [6.07, 6.45) is 1.93. The van der Waals surface area contributed by atoms with Crippen molar-refractivity contribution >= 4 is 16.8 Å². The van der Waals surface area contributed by atoms with E-state index in [1.54, 1.807) is 0 Å². The molecule has 1 aromatic carbocycles. The van der Waals surface area contributed by atoms with Crippen molar-refractivity contribution in [1.82, 2.24) is 4.98 Å². The van der Waals surface area contributed by atoms with E-state index >= 15 is 0 Å². The Morgan fingerprint density at radius 1 is 1.43 bits per heavy atom. The molecular weight excluding hydrogens is 176 g/mol. The summed E-state index contributed by atoms with van der Waals surface area (Å²) in [5.74, 6) is 0.802. The van der Waals surface area contributed by atoms with Gasteiger partial charge in [0.2, 0.25) is 0 Å². The summed E-state index contributed by atoms with van der Waals surface area (Å²) < 4.78 is 5.63. The lowest BCUT2D eigenvalue weighted by Crippen LogP contribution is -1.85. The van der Waals surface area contributed by atoms with Crippen LogP contribution in [0.1, 0.15) is 24.8 Å². The van der Waals surface area contributed by atoms with E-state index in [-0.39, 0.29) is 0 Å². The Morgan fingerprint density at radius 2 is 2.21 bits per heavy atom. The Labute approximate surface area is 82.9 Å². The Hall–Kier alpha value is -1.51. The monoisotopic (exact) mass is 190 g/mol. The summed E-state index contributed by atoms with van der Waals surface area (Å²) in [5.41, 5.74) is 9.25. The molecule has 14 heavy (non-hydrogen) atoms. The second kappa shape index (κ2) is 3.33. The number of oxazole rings is 1. The molecule has 1 heterocycles. The number of aromatic nitrogens is 1. The van der Waals surface area contributed by atoms with Gasteiger partial charge in [0.05, 0.1) is 0 Å². The quantitative estimate of drug-likeness (QED) is 0.741. The number of fused-ring (bicyclic) bond motifs is 1. The van der Waals surface area contributed by atoms with Crippen molar-refractivity contribution in [2.75, 3.05) is 5.73 Å². The normalized spacial score (nSPS) is 11.0. The fourth-order valence-electron chi connectivity index (χ4n) is 1.59. The fourth-order valence-corrected chi connectivity index (χ4v) is 1.59. The molecule has 74 valence electrons. The zero-order valence-electron chi connectivity index (χ0n) is 8.50. The second-order valence-electron chi connectivity index (χ2n) is 3.54. The summed E-state index contributed by atoms with van der Waals surface area (Å²) in [6.45, 7) is 4.09. The molecule has 2 aromatic rings. The van der Waals surface area contributed by atoms with E-state index in [4.69, 9.17) is 10.2 Å². The Balaban J connectivity index is 2.58. The number of nitrogen functional groups attached to an aromatic ring is 1. The highest BCUT2D eigenvalue weighted by Crippen LogP contribution is 2.23. The highest BCUT2D eigenvalue weighted by atomic mass is 16.3. The number of nitrogens with zero attached hydrogens (tertiary/aromatic N) is 1. The summed E-state index contributed by atoms with van der Waals surface area (Å²) in [4.78, 5) is 4.38. The van der Waals surface area contributed by atoms with Crippen LogP contribution in [0.5, 0.6) is 0 Å². The molecule has 0 fully saturated rings. The van der Waals surface area contributed by atoms with Crippen LogP contribution in [0.15, 0.2) is 16.5 Å². The van der Waals surface area contributed by atoms with Crippen molar-refractivity contribution in [2.45, 2.75) is 26.7 Å². The predicted molar refractivity (Wildman–Crippen MR) is 57.2 cm³/mol. The third kappa shape index (κ3) is 1.45. The maximum Gasteiger partial charge on any atom is 0.195 e. The van der Waals surface area contributed by atoms with Crippen molar-refractivity contribution in [3.05, 3.63) is 23.6 Å². The van der Waals surface area contributed by atoms with Crippen LogP contribution in [0, 0.1) is 6.92 Å². The smallest absolute Gasteiger partial charge is 0.195 e. The van der Waals surface area contributed by atoms with Crippen molar-refractivity contribution in [2.24, 2.45) is 0 Å². The van der Waals surface area contributed by atoms with Crippen molar-refractivity contribution in [1.29, 1.82) is 0 Å². The first-order chi connectivity index (χ1) is 6.70. The van der Waals surface area contributed by atoms with Crippen LogP contribution in [0.2, 0.25) is 0 Å². The third-order valence-electron chi connectivity index (χ3n) is 2.21. The second-order valence-corrected chi connectivity index (χ2v) is 3.54. The van der Waals surface area contributed by atoms with E-state index in [0.717, 1.165) is 41.1 Å². The van der Waals surface area contributed by atoms with E-state index in [0.29, 0.717) is 0 Å². The third-order valence-corrected chi connectivity index (χ3v) is 2.21. The highest BCUT2D eigenvalue weighted by Gasteiger charge is 2.07. The van der Waals surface area contributed by atoms with Gasteiger partial charge in [-0.25, -0.2) is 4.98 Å². The average Bonchev–Trinajstić information content (AvgIpc) is 2.48. The first kappa shape index (κ1) is 9.06. The summed E-state index contributed by atoms with van der Waals surface area (Å²) >= 11 is 0. The molecule has 0 amide bonds. The van der Waals surface area contributed by atoms with Crippen LogP contribution in [0.4, 0.5) is 5.69 Å². The minimum absolute atomic E-state index is 0.742. The molecule has 2 rings (SSSR count). The molecular formula is C11H14N2O. The van der Waals surface area contributed by atoms with Gasteiger partial charge in [0, 0.05) is 12.1 Å². The Bertz CT molecular complexity index is 460. The van der Waals surface area contributed by atoms with Gasteiger partial charge in [-0.2, -0.15) is 0 Å². The molecule has 0 aliphatic rings. The van der Waals surface area contributed by atoms with Gasteiger partial charge >= 0.3 is 0 Å². The number of hydrogen-bond donors (Lipinski definition) is 1. The molecule has 0 aliphatic carbocycles. The molecule has 0 spiro atoms. The predicted octanol–water partition coefficient (Wildman–Crippen LogP) is 2.67. The highest BCUT2D eigenvalue weighted by molar-refractivity contribution is 5.80. The molecule has 0 bridgehead atoms. The van der Waals surface area contributed by atoms with Crippen LogP contribution >= 0.6 is 0 Å². The van der Waals surface area contributed by atoms with Crippen LogP contribution < -0.4 is 5.73 Å². The molecule has 1 aromatic heterocycles. The molecule has 0 atom stereocenters. The lowest BCUT2D eigenvalue weighted by Gasteiger charge is -1.95. The van der Waals surface area contributed by atoms with Crippen LogP contribution in [0.3, 0.4) is 0 Å². The van der Waals surface area contributed by atoms with Crippen LogP contribution in [-0.2, 0) is 6.42 Å². The van der Waals surface area contributed by atoms with E-state index < -0.39 is 0 Å². The first-order valence-electron chi connectivity index (χ1n) is 4.86. The number of rotatable bonds is 2. The van der Waals surface area contributed by atoms with Crippen molar-refractivity contribution in [3.63, 3.8) is 0 Å². The lowest BCUT2D eigenvalue weighted by molar-refractivity contribution is 0.524. The number of benzene rings is 1. The summed E-state index contributed by atoms with van der Waals surface area (Å²) in [6, 6.07) is 3.76. The van der Waals surface area contributed by atoms with Crippen LogP contribution in [0.25, 0.3) is 11.1 Å². The zero-order chi connectivity index (χ0) is 10.1. The molecule has 0 unspecified atom stereocenters. The number of hydrogen-bond acceptors (Lipinski definition) is 3. The molecule has 2 N–H and O–H groups in total. The number of anilines is 1.